The third kappa shape index (κ3) is 2.93. The van der Waals surface area contributed by atoms with Crippen LogP contribution in [0.4, 0.5) is 5.69 Å². The van der Waals surface area contributed by atoms with Crippen LogP contribution in [0, 0.1) is 0 Å². The molecule has 0 bridgehead atoms. The van der Waals surface area contributed by atoms with Gasteiger partial charge in [0.15, 0.2) is 0 Å². The molecule has 0 aliphatic carbocycles. The van der Waals surface area contributed by atoms with Crippen molar-refractivity contribution in [2.24, 2.45) is 0 Å². The van der Waals surface area contributed by atoms with Crippen molar-refractivity contribution >= 4 is 17.3 Å². The molecule has 0 amide bonds. The van der Waals surface area contributed by atoms with E-state index in [1.807, 2.05) is 0 Å². The average molecular weight is 254 g/mol. The summed E-state index contributed by atoms with van der Waals surface area (Å²) < 4.78 is 5.74. The molecule has 0 spiro atoms. The van der Waals surface area contributed by atoms with E-state index in [4.69, 9.17) is 16.3 Å². The standard InChI is InChI=1S/C14H20ClNO/c1-4-12-5-6-13(7-14(12)15)16-8-10(2)17-11(3)9-16/h5-7,10-11H,4,8-9H2,1-3H3/t10-,11+. The number of morpholine rings is 1. The van der Waals surface area contributed by atoms with Crippen LogP contribution in [-0.2, 0) is 11.2 Å². The SMILES string of the molecule is CCc1ccc(N2C[C@@H](C)O[C@@H](C)C2)cc1Cl. The van der Waals surface area contributed by atoms with E-state index in [1.54, 1.807) is 0 Å². The second-order valence-corrected chi connectivity index (χ2v) is 5.20. The molecule has 1 saturated heterocycles. The minimum absolute atomic E-state index is 0.281. The topological polar surface area (TPSA) is 12.5 Å². The normalized spacial score (nSPS) is 25.1. The van der Waals surface area contributed by atoms with Crippen LogP contribution < -0.4 is 4.90 Å². The molecule has 1 aliphatic heterocycles. The lowest BCUT2D eigenvalue weighted by atomic mass is 10.1. The minimum Gasteiger partial charge on any atom is -0.372 e. The van der Waals surface area contributed by atoms with Gasteiger partial charge in [0.05, 0.1) is 12.2 Å². The number of rotatable bonds is 2. The Morgan fingerprint density at radius 3 is 2.47 bits per heavy atom. The second kappa shape index (κ2) is 5.28. The molecular formula is C14H20ClNO. The highest BCUT2D eigenvalue weighted by Crippen LogP contribution is 2.26. The fraction of sp³-hybridized carbons (Fsp3) is 0.571. The Labute approximate surface area is 109 Å². The molecule has 1 heterocycles. The van der Waals surface area contributed by atoms with Gasteiger partial charge in [0.25, 0.3) is 0 Å². The van der Waals surface area contributed by atoms with Crippen LogP contribution in [0.3, 0.4) is 0 Å². The van der Waals surface area contributed by atoms with E-state index >= 15 is 0 Å². The molecule has 94 valence electrons. The number of ether oxygens (including phenoxy) is 1. The Morgan fingerprint density at radius 1 is 1.29 bits per heavy atom. The molecule has 1 aromatic carbocycles. The lowest BCUT2D eigenvalue weighted by Gasteiger charge is -2.37. The van der Waals surface area contributed by atoms with Crippen LogP contribution in [0.2, 0.25) is 5.02 Å². The fourth-order valence-electron chi connectivity index (χ4n) is 2.41. The van der Waals surface area contributed by atoms with E-state index in [0.717, 1.165) is 24.5 Å². The Balaban J connectivity index is 2.19. The van der Waals surface area contributed by atoms with E-state index in [2.05, 4.69) is 43.9 Å². The van der Waals surface area contributed by atoms with E-state index in [9.17, 15) is 0 Å². The predicted molar refractivity (Wildman–Crippen MR) is 73.1 cm³/mol. The summed E-state index contributed by atoms with van der Waals surface area (Å²) in [4.78, 5) is 2.35. The largest absolute Gasteiger partial charge is 0.372 e. The molecule has 2 nitrogen and oxygen atoms in total. The van der Waals surface area contributed by atoms with Crippen molar-refractivity contribution in [2.45, 2.75) is 39.4 Å². The lowest BCUT2D eigenvalue weighted by molar-refractivity contribution is -0.00521. The predicted octanol–water partition coefficient (Wildman–Crippen LogP) is 3.52. The summed E-state index contributed by atoms with van der Waals surface area (Å²) in [5.74, 6) is 0. The molecule has 0 N–H and O–H groups in total. The third-order valence-corrected chi connectivity index (χ3v) is 3.55. The quantitative estimate of drug-likeness (QED) is 0.800. The van der Waals surface area contributed by atoms with Crippen LogP contribution in [0.15, 0.2) is 18.2 Å². The number of halogens is 1. The van der Waals surface area contributed by atoms with Gasteiger partial charge in [0.2, 0.25) is 0 Å². The van der Waals surface area contributed by atoms with Crippen molar-refractivity contribution in [3.05, 3.63) is 28.8 Å². The number of aryl methyl sites for hydroxylation is 1. The first-order chi connectivity index (χ1) is 8.10. The zero-order chi connectivity index (χ0) is 12.4. The van der Waals surface area contributed by atoms with Crippen molar-refractivity contribution in [3.8, 4) is 0 Å². The molecule has 2 rings (SSSR count). The molecular weight excluding hydrogens is 234 g/mol. The van der Waals surface area contributed by atoms with Crippen molar-refractivity contribution in [1.82, 2.24) is 0 Å². The summed E-state index contributed by atoms with van der Waals surface area (Å²) in [5.41, 5.74) is 2.42. The van der Waals surface area contributed by atoms with Crippen LogP contribution in [0.25, 0.3) is 0 Å². The van der Waals surface area contributed by atoms with Gasteiger partial charge >= 0.3 is 0 Å². The second-order valence-electron chi connectivity index (χ2n) is 4.79. The Morgan fingerprint density at radius 2 is 1.94 bits per heavy atom. The van der Waals surface area contributed by atoms with E-state index in [0.29, 0.717) is 0 Å². The smallest absolute Gasteiger partial charge is 0.0726 e. The molecule has 0 aromatic heterocycles. The minimum atomic E-state index is 0.281. The lowest BCUT2D eigenvalue weighted by Crippen LogP contribution is -2.45. The summed E-state index contributed by atoms with van der Waals surface area (Å²) in [6.07, 6.45) is 1.54. The molecule has 2 atom stereocenters. The summed E-state index contributed by atoms with van der Waals surface area (Å²) in [6.45, 7) is 8.23. The number of hydrogen-bond acceptors (Lipinski definition) is 2. The maximum Gasteiger partial charge on any atom is 0.0726 e. The summed E-state index contributed by atoms with van der Waals surface area (Å²) in [7, 11) is 0. The molecule has 0 radical (unpaired) electrons. The molecule has 1 aliphatic rings. The maximum atomic E-state index is 6.26. The van der Waals surface area contributed by atoms with Crippen molar-refractivity contribution < 1.29 is 4.74 Å². The maximum absolute atomic E-state index is 6.26. The van der Waals surface area contributed by atoms with Crippen LogP contribution in [-0.4, -0.2) is 25.3 Å². The zero-order valence-corrected chi connectivity index (χ0v) is 11.5. The van der Waals surface area contributed by atoms with Gasteiger partial charge < -0.3 is 9.64 Å². The Kier molecular flexibility index (Phi) is 3.95. The van der Waals surface area contributed by atoms with Gasteiger partial charge in [0, 0.05) is 23.8 Å². The van der Waals surface area contributed by atoms with Crippen LogP contribution in [0.5, 0.6) is 0 Å². The van der Waals surface area contributed by atoms with Gasteiger partial charge in [-0.2, -0.15) is 0 Å². The highest BCUT2D eigenvalue weighted by atomic mass is 35.5. The van der Waals surface area contributed by atoms with Gasteiger partial charge in [-0.15, -0.1) is 0 Å². The zero-order valence-electron chi connectivity index (χ0n) is 10.7. The summed E-state index contributed by atoms with van der Waals surface area (Å²) in [6, 6.07) is 6.36. The van der Waals surface area contributed by atoms with Crippen molar-refractivity contribution in [3.63, 3.8) is 0 Å². The molecule has 17 heavy (non-hydrogen) atoms. The van der Waals surface area contributed by atoms with Gasteiger partial charge in [-0.3, -0.25) is 0 Å². The molecule has 0 saturated carbocycles. The first-order valence-electron chi connectivity index (χ1n) is 6.29. The highest BCUT2D eigenvalue weighted by molar-refractivity contribution is 6.31. The monoisotopic (exact) mass is 253 g/mol. The molecule has 1 aromatic rings. The Bertz CT molecular complexity index is 384. The molecule has 0 unspecified atom stereocenters. The number of benzene rings is 1. The van der Waals surface area contributed by atoms with Crippen molar-refractivity contribution in [2.75, 3.05) is 18.0 Å². The van der Waals surface area contributed by atoms with Gasteiger partial charge in [-0.1, -0.05) is 24.6 Å². The van der Waals surface area contributed by atoms with E-state index < -0.39 is 0 Å². The molecule has 3 heteroatoms. The first-order valence-corrected chi connectivity index (χ1v) is 6.66. The average Bonchev–Trinajstić information content (AvgIpc) is 2.27. The van der Waals surface area contributed by atoms with Gasteiger partial charge in [0.1, 0.15) is 0 Å². The first kappa shape index (κ1) is 12.7. The van der Waals surface area contributed by atoms with Gasteiger partial charge in [-0.05, 0) is 38.0 Å². The van der Waals surface area contributed by atoms with Crippen molar-refractivity contribution in [1.29, 1.82) is 0 Å². The van der Waals surface area contributed by atoms with Crippen LogP contribution >= 0.6 is 11.6 Å². The van der Waals surface area contributed by atoms with Gasteiger partial charge in [-0.25, -0.2) is 0 Å². The fourth-order valence-corrected chi connectivity index (χ4v) is 2.72. The van der Waals surface area contributed by atoms with E-state index in [-0.39, 0.29) is 12.2 Å². The number of anilines is 1. The molecule has 1 fully saturated rings. The number of hydrogen-bond donors (Lipinski definition) is 0. The summed E-state index contributed by atoms with van der Waals surface area (Å²) in [5, 5.41) is 0.872. The van der Waals surface area contributed by atoms with Crippen LogP contribution in [0.1, 0.15) is 26.3 Å². The highest BCUT2D eigenvalue weighted by Gasteiger charge is 2.22. The van der Waals surface area contributed by atoms with E-state index in [1.165, 1.54) is 11.3 Å². The third-order valence-electron chi connectivity index (χ3n) is 3.20. The Hall–Kier alpha value is -0.730. The number of nitrogens with zero attached hydrogens (tertiary/aromatic N) is 1. The summed E-state index contributed by atoms with van der Waals surface area (Å²) >= 11 is 6.26.